The molecule has 0 aromatic heterocycles. The lowest BCUT2D eigenvalue weighted by Crippen LogP contribution is -2.29. The van der Waals surface area contributed by atoms with E-state index in [1.807, 2.05) is 37.3 Å². The second-order valence-corrected chi connectivity index (χ2v) is 4.81. The van der Waals surface area contributed by atoms with Crippen LogP contribution in [0.25, 0.3) is 0 Å². The third-order valence-corrected chi connectivity index (χ3v) is 2.93. The lowest BCUT2D eigenvalue weighted by atomic mass is 10.2. The molecule has 0 aliphatic heterocycles. The largest absolute Gasteiger partial charge is 0.320 e. The summed E-state index contributed by atoms with van der Waals surface area (Å²) >= 11 is 0. The van der Waals surface area contributed by atoms with Gasteiger partial charge in [-0.05, 0) is 31.2 Å². The highest BCUT2D eigenvalue weighted by molar-refractivity contribution is 6.67. The Morgan fingerprint density at radius 3 is 2.14 bits per heavy atom. The molecule has 0 saturated carbocycles. The van der Waals surface area contributed by atoms with Crippen LogP contribution in [0.2, 0.25) is 0 Å². The van der Waals surface area contributed by atoms with Crippen molar-refractivity contribution in [3.05, 3.63) is 60.2 Å². The number of hydrogen-bond acceptors (Lipinski definition) is 4. The fraction of sp³-hybridized carbons (Fsp3) is 0.118. The molecular formula is C17H17N3O2. The van der Waals surface area contributed by atoms with Crippen LogP contribution >= 0.6 is 0 Å². The third kappa shape index (κ3) is 4.28. The van der Waals surface area contributed by atoms with Gasteiger partial charge in [0.25, 0.3) is 5.91 Å². The van der Waals surface area contributed by atoms with E-state index in [0.717, 1.165) is 5.56 Å². The molecule has 22 heavy (non-hydrogen) atoms. The van der Waals surface area contributed by atoms with Crippen LogP contribution in [0.1, 0.15) is 12.5 Å². The number of ketones is 1. The van der Waals surface area contributed by atoms with Gasteiger partial charge in [-0.1, -0.05) is 35.9 Å². The smallest absolute Gasteiger partial charge is 0.279 e. The Bertz CT molecular complexity index is 692. The fourth-order valence-corrected chi connectivity index (χ4v) is 1.75. The zero-order valence-corrected chi connectivity index (χ0v) is 12.5. The first-order valence-electron chi connectivity index (χ1n) is 6.84. The molecule has 2 aromatic carbocycles. The highest BCUT2D eigenvalue weighted by atomic mass is 16.2. The molecule has 5 nitrogen and oxygen atoms in total. The normalized spacial score (nSPS) is 10.9. The van der Waals surface area contributed by atoms with Crippen LogP contribution in [0.15, 0.2) is 59.7 Å². The molecule has 0 aliphatic carbocycles. The predicted molar refractivity (Wildman–Crippen MR) is 88.0 cm³/mol. The summed E-state index contributed by atoms with van der Waals surface area (Å²) in [4.78, 5) is 23.7. The Balaban J connectivity index is 2.11. The Labute approximate surface area is 129 Å². The lowest BCUT2D eigenvalue weighted by molar-refractivity contribution is -0.114. The van der Waals surface area contributed by atoms with Gasteiger partial charge in [0, 0.05) is 12.6 Å². The highest BCUT2D eigenvalue weighted by Gasteiger charge is 2.17. The summed E-state index contributed by atoms with van der Waals surface area (Å²) < 4.78 is 0. The maximum Gasteiger partial charge on any atom is 0.279 e. The molecule has 0 fully saturated rings. The number of nitrogens with one attached hydrogen (secondary N) is 2. The number of amides is 1. The Morgan fingerprint density at radius 2 is 1.55 bits per heavy atom. The number of carbonyl (C=O) groups excluding carboxylic acids is 2. The summed E-state index contributed by atoms with van der Waals surface area (Å²) in [6, 6.07) is 16.4. The molecular weight excluding hydrogens is 278 g/mol. The Morgan fingerprint density at radius 1 is 0.909 bits per heavy atom. The minimum atomic E-state index is -0.543. The SMILES string of the molecule is CC(=O)/C(=N\Nc1ccc(C)cc1)C(=O)Nc1ccccc1. The summed E-state index contributed by atoms with van der Waals surface area (Å²) in [5.74, 6) is -0.952. The molecule has 1 amide bonds. The van der Waals surface area contributed by atoms with Crippen LogP contribution in [0.3, 0.4) is 0 Å². The number of aryl methyl sites for hydroxylation is 1. The van der Waals surface area contributed by atoms with Crippen LogP contribution in [0.5, 0.6) is 0 Å². The predicted octanol–water partition coefficient (Wildman–Crippen LogP) is 2.99. The van der Waals surface area contributed by atoms with E-state index in [9.17, 15) is 9.59 Å². The van der Waals surface area contributed by atoms with Crippen LogP contribution in [-0.4, -0.2) is 17.4 Å². The molecule has 0 bridgehead atoms. The Kier molecular flexibility index (Phi) is 5.03. The molecule has 2 N–H and O–H groups in total. The maximum absolute atomic E-state index is 12.1. The first kappa shape index (κ1) is 15.4. The van der Waals surface area contributed by atoms with Crippen molar-refractivity contribution in [3.63, 3.8) is 0 Å². The van der Waals surface area contributed by atoms with Crippen molar-refractivity contribution in [3.8, 4) is 0 Å². The topological polar surface area (TPSA) is 70.6 Å². The molecule has 112 valence electrons. The number of hydrazone groups is 1. The van der Waals surface area contributed by atoms with Gasteiger partial charge in [-0.3, -0.25) is 15.0 Å². The van der Waals surface area contributed by atoms with Crippen molar-refractivity contribution >= 4 is 28.8 Å². The van der Waals surface area contributed by atoms with Crippen molar-refractivity contribution in [1.29, 1.82) is 0 Å². The maximum atomic E-state index is 12.1. The molecule has 0 spiro atoms. The average molecular weight is 295 g/mol. The van der Waals surface area contributed by atoms with E-state index >= 15 is 0 Å². The number of benzene rings is 2. The minimum Gasteiger partial charge on any atom is -0.320 e. The van der Waals surface area contributed by atoms with E-state index in [-0.39, 0.29) is 5.71 Å². The van der Waals surface area contributed by atoms with Crippen LogP contribution in [0.4, 0.5) is 11.4 Å². The van der Waals surface area contributed by atoms with Gasteiger partial charge in [-0.25, -0.2) is 0 Å². The summed E-state index contributed by atoms with van der Waals surface area (Å²) in [7, 11) is 0. The van der Waals surface area contributed by atoms with Crippen LogP contribution in [0, 0.1) is 6.92 Å². The molecule has 0 heterocycles. The number of nitrogens with zero attached hydrogens (tertiary/aromatic N) is 1. The quantitative estimate of drug-likeness (QED) is 0.506. The van der Waals surface area contributed by atoms with Gasteiger partial charge in [-0.2, -0.15) is 5.10 Å². The molecule has 2 aromatic rings. The number of Topliss-reactive ketones (excluding diaryl/α,β-unsaturated/α-hetero) is 1. The first-order chi connectivity index (χ1) is 10.6. The van der Waals surface area contributed by atoms with Crippen molar-refractivity contribution < 1.29 is 9.59 Å². The van der Waals surface area contributed by atoms with E-state index in [1.54, 1.807) is 24.3 Å². The highest BCUT2D eigenvalue weighted by Crippen LogP contribution is 2.09. The molecule has 0 saturated heterocycles. The van der Waals surface area contributed by atoms with Crippen molar-refractivity contribution in [1.82, 2.24) is 0 Å². The standard InChI is InChI=1S/C17H17N3O2/c1-12-8-10-15(11-9-12)19-20-16(13(2)21)17(22)18-14-6-4-3-5-7-14/h3-11,19H,1-2H3,(H,18,22)/b20-16+. The Hall–Kier alpha value is -2.95. The van der Waals surface area contributed by atoms with Gasteiger partial charge < -0.3 is 5.32 Å². The summed E-state index contributed by atoms with van der Waals surface area (Å²) in [6.45, 7) is 3.28. The fourth-order valence-electron chi connectivity index (χ4n) is 1.75. The van der Waals surface area contributed by atoms with Crippen molar-refractivity contribution in [2.45, 2.75) is 13.8 Å². The van der Waals surface area contributed by atoms with E-state index in [1.165, 1.54) is 6.92 Å². The molecule has 0 unspecified atom stereocenters. The van der Waals surface area contributed by atoms with Gasteiger partial charge in [0.15, 0.2) is 11.5 Å². The average Bonchev–Trinajstić information content (AvgIpc) is 2.50. The molecule has 0 radical (unpaired) electrons. The van der Waals surface area contributed by atoms with Gasteiger partial charge in [0.05, 0.1) is 5.69 Å². The second kappa shape index (κ2) is 7.17. The molecule has 2 rings (SSSR count). The van der Waals surface area contributed by atoms with E-state index in [2.05, 4.69) is 15.8 Å². The second-order valence-electron chi connectivity index (χ2n) is 4.81. The summed E-state index contributed by atoms with van der Waals surface area (Å²) in [6.07, 6.45) is 0. The van der Waals surface area contributed by atoms with Crippen molar-refractivity contribution in [2.24, 2.45) is 5.10 Å². The summed E-state index contributed by atoms with van der Waals surface area (Å²) in [5.41, 5.74) is 4.98. The van der Waals surface area contributed by atoms with Gasteiger partial charge in [-0.15, -0.1) is 0 Å². The molecule has 0 atom stereocenters. The third-order valence-electron chi connectivity index (χ3n) is 2.93. The number of anilines is 2. The van der Waals surface area contributed by atoms with E-state index in [4.69, 9.17) is 0 Å². The zero-order chi connectivity index (χ0) is 15.9. The van der Waals surface area contributed by atoms with E-state index < -0.39 is 11.7 Å². The van der Waals surface area contributed by atoms with E-state index in [0.29, 0.717) is 11.4 Å². The number of rotatable bonds is 5. The van der Waals surface area contributed by atoms with Gasteiger partial charge in [0.1, 0.15) is 0 Å². The summed E-state index contributed by atoms with van der Waals surface area (Å²) in [5, 5.41) is 6.56. The zero-order valence-electron chi connectivity index (χ0n) is 12.5. The molecule has 5 heteroatoms. The van der Waals surface area contributed by atoms with Crippen LogP contribution in [-0.2, 0) is 9.59 Å². The lowest BCUT2D eigenvalue weighted by Gasteiger charge is -2.07. The van der Waals surface area contributed by atoms with Gasteiger partial charge >= 0.3 is 0 Å². The van der Waals surface area contributed by atoms with Crippen LogP contribution < -0.4 is 10.7 Å². The monoisotopic (exact) mass is 295 g/mol. The number of hydrogen-bond donors (Lipinski definition) is 2. The minimum absolute atomic E-state index is 0.176. The molecule has 0 aliphatic rings. The van der Waals surface area contributed by atoms with Crippen molar-refractivity contribution in [2.75, 3.05) is 10.7 Å². The first-order valence-corrected chi connectivity index (χ1v) is 6.84. The number of carbonyl (C=O) groups is 2. The van der Waals surface area contributed by atoms with Gasteiger partial charge in [0.2, 0.25) is 0 Å². The number of para-hydroxylation sites is 1.